The molecule has 1 aliphatic rings. The number of rotatable bonds is 3. The first kappa shape index (κ1) is 12.0. The van der Waals surface area contributed by atoms with E-state index in [9.17, 15) is 0 Å². The molecule has 0 radical (unpaired) electrons. The molecule has 16 heavy (non-hydrogen) atoms. The number of nitrogens with one attached hydrogen (secondary N) is 1. The average molecular weight is 262 g/mol. The molecular weight excluding hydrogens is 249 g/mol. The highest BCUT2D eigenvalue weighted by molar-refractivity contribution is 6.35. The standard InChI is InChI=1S/C11H13Cl2NO2/c12-8-1-2-10(13)11(5-8)14-6-9-3-4-15-7-16-9/h1-2,5,9,14H,3-4,6-7H2. The van der Waals surface area contributed by atoms with E-state index in [4.69, 9.17) is 32.7 Å². The Hall–Kier alpha value is -0.480. The van der Waals surface area contributed by atoms with Crippen molar-refractivity contribution in [3.05, 3.63) is 28.2 Å². The Morgan fingerprint density at radius 3 is 3.00 bits per heavy atom. The molecule has 1 N–H and O–H groups in total. The molecule has 1 atom stereocenters. The molecule has 2 rings (SSSR count). The van der Waals surface area contributed by atoms with Gasteiger partial charge in [-0.05, 0) is 24.6 Å². The highest BCUT2D eigenvalue weighted by Gasteiger charge is 2.14. The van der Waals surface area contributed by atoms with Gasteiger partial charge >= 0.3 is 0 Å². The van der Waals surface area contributed by atoms with Crippen molar-refractivity contribution in [3.63, 3.8) is 0 Å². The van der Waals surface area contributed by atoms with E-state index in [2.05, 4.69) is 5.32 Å². The van der Waals surface area contributed by atoms with E-state index in [1.807, 2.05) is 6.07 Å². The molecule has 0 spiro atoms. The van der Waals surface area contributed by atoms with E-state index in [-0.39, 0.29) is 6.10 Å². The summed E-state index contributed by atoms with van der Waals surface area (Å²) in [5.74, 6) is 0. The first-order chi connectivity index (χ1) is 7.75. The molecular formula is C11H13Cl2NO2. The first-order valence-electron chi connectivity index (χ1n) is 5.14. The van der Waals surface area contributed by atoms with Crippen LogP contribution >= 0.6 is 23.2 Å². The molecule has 1 aromatic rings. The molecule has 0 aromatic heterocycles. The molecule has 1 aliphatic heterocycles. The van der Waals surface area contributed by atoms with Crippen molar-refractivity contribution >= 4 is 28.9 Å². The first-order valence-corrected chi connectivity index (χ1v) is 5.89. The number of ether oxygens (including phenoxy) is 2. The topological polar surface area (TPSA) is 30.5 Å². The quantitative estimate of drug-likeness (QED) is 0.907. The van der Waals surface area contributed by atoms with Crippen LogP contribution in [0.15, 0.2) is 18.2 Å². The second-order valence-corrected chi connectivity index (χ2v) is 4.45. The summed E-state index contributed by atoms with van der Waals surface area (Å²) in [5.41, 5.74) is 0.837. The van der Waals surface area contributed by atoms with E-state index in [0.717, 1.165) is 18.7 Å². The van der Waals surface area contributed by atoms with Crippen LogP contribution in [0, 0.1) is 0 Å². The number of hydrogen-bond acceptors (Lipinski definition) is 3. The lowest BCUT2D eigenvalue weighted by Gasteiger charge is -2.23. The Labute approximate surface area is 105 Å². The number of benzene rings is 1. The van der Waals surface area contributed by atoms with Crippen LogP contribution in [0.4, 0.5) is 5.69 Å². The minimum Gasteiger partial charge on any atom is -0.381 e. The van der Waals surface area contributed by atoms with Crippen molar-refractivity contribution in [2.75, 3.05) is 25.3 Å². The third kappa shape index (κ3) is 3.25. The Morgan fingerprint density at radius 2 is 2.25 bits per heavy atom. The van der Waals surface area contributed by atoms with Gasteiger partial charge in [0.2, 0.25) is 0 Å². The Balaban J connectivity index is 1.90. The van der Waals surface area contributed by atoms with Gasteiger partial charge in [0.05, 0.1) is 23.4 Å². The lowest BCUT2D eigenvalue weighted by molar-refractivity contribution is -0.133. The zero-order valence-corrected chi connectivity index (χ0v) is 10.2. The molecule has 1 fully saturated rings. The van der Waals surface area contributed by atoms with Crippen LogP contribution in [0.25, 0.3) is 0 Å². The van der Waals surface area contributed by atoms with E-state index >= 15 is 0 Å². The summed E-state index contributed by atoms with van der Waals surface area (Å²) in [6.07, 6.45) is 1.06. The molecule has 0 aliphatic carbocycles. The van der Waals surface area contributed by atoms with Crippen molar-refractivity contribution in [2.24, 2.45) is 0 Å². The predicted molar refractivity (Wildman–Crippen MR) is 65.3 cm³/mol. The van der Waals surface area contributed by atoms with Gasteiger partial charge in [-0.1, -0.05) is 23.2 Å². The van der Waals surface area contributed by atoms with Gasteiger partial charge in [-0.15, -0.1) is 0 Å². The monoisotopic (exact) mass is 261 g/mol. The van der Waals surface area contributed by atoms with Crippen LogP contribution in [0.3, 0.4) is 0 Å². The fraction of sp³-hybridized carbons (Fsp3) is 0.455. The highest BCUT2D eigenvalue weighted by Crippen LogP contribution is 2.25. The molecule has 0 amide bonds. The number of anilines is 1. The van der Waals surface area contributed by atoms with Gasteiger partial charge in [0.25, 0.3) is 0 Å². The third-order valence-electron chi connectivity index (χ3n) is 2.42. The smallest absolute Gasteiger partial charge is 0.147 e. The summed E-state index contributed by atoms with van der Waals surface area (Å²) in [7, 11) is 0. The van der Waals surface area contributed by atoms with Gasteiger partial charge in [0, 0.05) is 11.6 Å². The fourth-order valence-corrected chi connectivity index (χ4v) is 1.88. The molecule has 0 saturated carbocycles. The summed E-state index contributed by atoms with van der Waals surface area (Å²) in [5, 5.41) is 4.56. The lowest BCUT2D eigenvalue weighted by atomic mass is 10.2. The highest BCUT2D eigenvalue weighted by atomic mass is 35.5. The van der Waals surface area contributed by atoms with Crippen LogP contribution in [0.1, 0.15) is 6.42 Å². The van der Waals surface area contributed by atoms with Crippen molar-refractivity contribution in [1.29, 1.82) is 0 Å². The van der Waals surface area contributed by atoms with E-state index in [1.54, 1.807) is 12.1 Å². The van der Waals surface area contributed by atoms with Crippen LogP contribution in [-0.4, -0.2) is 26.0 Å². The molecule has 3 nitrogen and oxygen atoms in total. The van der Waals surface area contributed by atoms with Gasteiger partial charge in [-0.25, -0.2) is 0 Å². The molecule has 1 unspecified atom stereocenters. The fourth-order valence-electron chi connectivity index (χ4n) is 1.52. The second kappa shape index (κ2) is 5.73. The Morgan fingerprint density at radius 1 is 1.38 bits per heavy atom. The molecule has 0 bridgehead atoms. The average Bonchev–Trinajstić information content (AvgIpc) is 2.32. The van der Waals surface area contributed by atoms with Gasteiger partial charge in [0.1, 0.15) is 6.79 Å². The maximum Gasteiger partial charge on any atom is 0.147 e. The van der Waals surface area contributed by atoms with Crippen molar-refractivity contribution in [2.45, 2.75) is 12.5 Å². The van der Waals surface area contributed by atoms with Crippen molar-refractivity contribution in [3.8, 4) is 0 Å². The van der Waals surface area contributed by atoms with Crippen molar-refractivity contribution in [1.82, 2.24) is 0 Å². The summed E-state index contributed by atoms with van der Waals surface area (Å²) in [4.78, 5) is 0. The number of halogens is 2. The predicted octanol–water partition coefficient (Wildman–Crippen LogP) is 3.17. The Kier molecular flexibility index (Phi) is 4.29. The van der Waals surface area contributed by atoms with Gasteiger partial charge in [-0.3, -0.25) is 0 Å². The maximum atomic E-state index is 6.03. The zero-order chi connectivity index (χ0) is 11.4. The minimum absolute atomic E-state index is 0.170. The maximum absolute atomic E-state index is 6.03. The molecule has 88 valence electrons. The minimum atomic E-state index is 0.170. The number of hydrogen-bond donors (Lipinski definition) is 1. The van der Waals surface area contributed by atoms with Gasteiger partial charge in [0.15, 0.2) is 0 Å². The third-order valence-corrected chi connectivity index (χ3v) is 2.98. The summed E-state index contributed by atoms with van der Waals surface area (Å²) >= 11 is 11.9. The Bertz CT molecular complexity index is 354. The van der Waals surface area contributed by atoms with Crippen molar-refractivity contribution < 1.29 is 9.47 Å². The van der Waals surface area contributed by atoms with Crippen LogP contribution < -0.4 is 5.32 Å². The molecule has 1 saturated heterocycles. The second-order valence-electron chi connectivity index (χ2n) is 3.61. The lowest BCUT2D eigenvalue weighted by Crippen LogP contribution is -2.30. The summed E-state index contributed by atoms with van der Waals surface area (Å²) < 4.78 is 10.5. The SMILES string of the molecule is Clc1ccc(Cl)c(NCC2CCOCO2)c1. The van der Waals surface area contributed by atoms with Gasteiger partial charge < -0.3 is 14.8 Å². The summed E-state index contributed by atoms with van der Waals surface area (Å²) in [6.45, 7) is 1.83. The van der Waals surface area contributed by atoms with E-state index in [1.165, 1.54) is 0 Å². The molecule has 5 heteroatoms. The van der Waals surface area contributed by atoms with E-state index < -0.39 is 0 Å². The molecule has 1 aromatic carbocycles. The van der Waals surface area contributed by atoms with Crippen LogP contribution in [0.5, 0.6) is 0 Å². The zero-order valence-electron chi connectivity index (χ0n) is 8.71. The summed E-state index contributed by atoms with van der Waals surface area (Å²) in [6, 6.07) is 5.35. The van der Waals surface area contributed by atoms with E-state index in [0.29, 0.717) is 23.4 Å². The molecule has 1 heterocycles. The normalized spacial score (nSPS) is 20.8. The van der Waals surface area contributed by atoms with Crippen LogP contribution in [-0.2, 0) is 9.47 Å². The largest absolute Gasteiger partial charge is 0.381 e. The van der Waals surface area contributed by atoms with Crippen LogP contribution in [0.2, 0.25) is 10.0 Å². The van der Waals surface area contributed by atoms with Gasteiger partial charge in [-0.2, -0.15) is 0 Å².